The van der Waals surface area contributed by atoms with Crippen LogP contribution >= 0.6 is 0 Å². The maximum atomic E-state index is 5.16. The second-order valence-corrected chi connectivity index (χ2v) is 5.14. The Morgan fingerprint density at radius 2 is 1.75 bits per heavy atom. The smallest absolute Gasteiger partial charge is 0.224 e. The van der Waals surface area contributed by atoms with Gasteiger partial charge in [-0.25, -0.2) is 4.98 Å². The maximum absolute atomic E-state index is 5.16. The number of aromatic nitrogens is 3. The number of nitrogens with one attached hydrogen (secondary N) is 2. The molecule has 0 aliphatic carbocycles. The van der Waals surface area contributed by atoms with Crippen LogP contribution in [0.15, 0.2) is 60.9 Å². The Morgan fingerprint density at radius 1 is 0.875 bits per heavy atom. The second kappa shape index (κ2) is 7.92. The summed E-state index contributed by atoms with van der Waals surface area (Å²) in [7, 11) is 1.66. The van der Waals surface area contributed by atoms with Gasteiger partial charge in [-0.3, -0.25) is 4.98 Å². The van der Waals surface area contributed by atoms with E-state index < -0.39 is 0 Å². The molecular weight excluding hydrogens is 302 g/mol. The molecule has 0 aliphatic heterocycles. The minimum atomic E-state index is 0.570. The van der Waals surface area contributed by atoms with Crippen LogP contribution in [0.25, 0.3) is 0 Å². The number of anilines is 2. The van der Waals surface area contributed by atoms with Crippen LogP contribution in [0.5, 0.6) is 5.75 Å². The van der Waals surface area contributed by atoms with Gasteiger partial charge >= 0.3 is 0 Å². The third-order valence-electron chi connectivity index (χ3n) is 3.44. The normalized spacial score (nSPS) is 10.2. The van der Waals surface area contributed by atoms with Crippen molar-refractivity contribution in [2.75, 3.05) is 17.7 Å². The number of nitrogens with zero attached hydrogens (tertiary/aromatic N) is 3. The van der Waals surface area contributed by atoms with Crippen molar-refractivity contribution in [3.05, 3.63) is 72.2 Å². The van der Waals surface area contributed by atoms with Crippen LogP contribution in [0, 0.1) is 0 Å². The average molecular weight is 321 g/mol. The fourth-order valence-electron chi connectivity index (χ4n) is 2.15. The molecule has 3 aromatic rings. The monoisotopic (exact) mass is 321 g/mol. The summed E-state index contributed by atoms with van der Waals surface area (Å²) in [5.41, 5.74) is 2.09. The van der Waals surface area contributed by atoms with Gasteiger partial charge in [-0.15, -0.1) is 0 Å². The SMILES string of the molecule is COc1ccc(CNc2ccnc(NCc3ccccn3)n2)cc1. The van der Waals surface area contributed by atoms with E-state index in [1.165, 1.54) is 0 Å². The molecule has 1 aromatic carbocycles. The lowest BCUT2D eigenvalue weighted by Crippen LogP contribution is -2.07. The highest BCUT2D eigenvalue weighted by molar-refractivity contribution is 5.40. The number of rotatable bonds is 7. The van der Waals surface area contributed by atoms with Crippen molar-refractivity contribution in [2.45, 2.75) is 13.1 Å². The zero-order chi connectivity index (χ0) is 16.6. The second-order valence-electron chi connectivity index (χ2n) is 5.14. The molecule has 0 bridgehead atoms. The summed E-state index contributed by atoms with van der Waals surface area (Å²) in [6.07, 6.45) is 3.49. The first-order valence-electron chi connectivity index (χ1n) is 7.67. The van der Waals surface area contributed by atoms with Gasteiger partial charge in [0.2, 0.25) is 5.95 Å². The third kappa shape index (κ3) is 4.42. The molecule has 6 heteroatoms. The van der Waals surface area contributed by atoms with Crippen LogP contribution in [0.2, 0.25) is 0 Å². The average Bonchev–Trinajstić information content (AvgIpc) is 2.66. The van der Waals surface area contributed by atoms with Gasteiger partial charge in [-0.1, -0.05) is 18.2 Å². The molecule has 6 nitrogen and oxygen atoms in total. The molecule has 0 fully saturated rings. The standard InChI is InChI=1S/C18H19N5O/c1-24-16-7-5-14(6-8-16)12-21-17-9-11-20-18(23-17)22-13-15-4-2-3-10-19-15/h2-11H,12-13H2,1H3,(H2,20,21,22,23). The van der Waals surface area contributed by atoms with E-state index >= 15 is 0 Å². The molecule has 2 N–H and O–H groups in total. The lowest BCUT2D eigenvalue weighted by Gasteiger charge is -2.09. The molecule has 0 unspecified atom stereocenters. The summed E-state index contributed by atoms with van der Waals surface area (Å²) < 4.78 is 5.16. The van der Waals surface area contributed by atoms with E-state index in [4.69, 9.17) is 4.74 Å². The molecule has 0 saturated heterocycles. The Morgan fingerprint density at radius 3 is 2.50 bits per heavy atom. The van der Waals surface area contributed by atoms with Crippen molar-refractivity contribution in [3.63, 3.8) is 0 Å². The minimum Gasteiger partial charge on any atom is -0.497 e. The van der Waals surface area contributed by atoms with E-state index in [0.717, 1.165) is 22.8 Å². The van der Waals surface area contributed by atoms with Gasteiger partial charge in [0.15, 0.2) is 0 Å². The molecule has 0 aliphatic rings. The van der Waals surface area contributed by atoms with Gasteiger partial charge in [-0.2, -0.15) is 4.98 Å². The summed E-state index contributed by atoms with van der Waals surface area (Å²) in [5, 5.41) is 6.46. The van der Waals surface area contributed by atoms with E-state index in [0.29, 0.717) is 19.0 Å². The van der Waals surface area contributed by atoms with Crippen LogP contribution in [0.3, 0.4) is 0 Å². The summed E-state index contributed by atoms with van der Waals surface area (Å²) >= 11 is 0. The van der Waals surface area contributed by atoms with Crippen molar-refractivity contribution < 1.29 is 4.74 Å². The number of hydrogen-bond acceptors (Lipinski definition) is 6. The lowest BCUT2D eigenvalue weighted by molar-refractivity contribution is 0.414. The summed E-state index contributed by atoms with van der Waals surface area (Å²) in [6.45, 7) is 1.27. The summed E-state index contributed by atoms with van der Waals surface area (Å²) in [5.74, 6) is 2.19. The zero-order valence-corrected chi connectivity index (χ0v) is 13.4. The fourth-order valence-corrected chi connectivity index (χ4v) is 2.15. The largest absolute Gasteiger partial charge is 0.497 e. The number of pyridine rings is 1. The molecule has 0 atom stereocenters. The Hall–Kier alpha value is -3.15. The molecule has 3 rings (SSSR count). The maximum Gasteiger partial charge on any atom is 0.224 e. The Bertz CT molecular complexity index is 762. The molecule has 0 spiro atoms. The van der Waals surface area contributed by atoms with Gasteiger partial charge < -0.3 is 15.4 Å². The van der Waals surface area contributed by atoms with Crippen LogP contribution in [0.4, 0.5) is 11.8 Å². The molecule has 0 radical (unpaired) electrons. The van der Waals surface area contributed by atoms with Crippen LogP contribution in [0.1, 0.15) is 11.3 Å². The predicted octanol–water partition coefficient (Wildman–Crippen LogP) is 3.10. The topological polar surface area (TPSA) is 72.0 Å². The van der Waals surface area contributed by atoms with Crippen molar-refractivity contribution in [2.24, 2.45) is 0 Å². The molecule has 2 aromatic heterocycles. The van der Waals surface area contributed by atoms with Crippen LogP contribution in [-0.2, 0) is 13.1 Å². The van der Waals surface area contributed by atoms with E-state index in [9.17, 15) is 0 Å². The third-order valence-corrected chi connectivity index (χ3v) is 3.44. The van der Waals surface area contributed by atoms with Crippen LogP contribution in [-0.4, -0.2) is 22.1 Å². The first-order valence-corrected chi connectivity index (χ1v) is 7.67. The molecule has 0 amide bonds. The summed E-state index contributed by atoms with van der Waals surface area (Å²) in [6, 6.07) is 15.6. The van der Waals surface area contributed by atoms with Gasteiger partial charge in [-0.05, 0) is 35.9 Å². The number of ether oxygens (including phenoxy) is 1. The van der Waals surface area contributed by atoms with Crippen molar-refractivity contribution in [1.82, 2.24) is 15.0 Å². The van der Waals surface area contributed by atoms with E-state index in [-0.39, 0.29) is 0 Å². The summed E-state index contributed by atoms with van der Waals surface area (Å²) in [4.78, 5) is 12.9. The minimum absolute atomic E-state index is 0.570. The molecular formula is C18H19N5O. The van der Waals surface area contributed by atoms with Crippen molar-refractivity contribution in [1.29, 1.82) is 0 Å². The number of hydrogen-bond donors (Lipinski definition) is 2. The van der Waals surface area contributed by atoms with Crippen LogP contribution < -0.4 is 15.4 Å². The highest BCUT2D eigenvalue weighted by Crippen LogP contribution is 2.13. The van der Waals surface area contributed by atoms with Gasteiger partial charge in [0.1, 0.15) is 11.6 Å². The van der Waals surface area contributed by atoms with Gasteiger partial charge in [0.25, 0.3) is 0 Å². The quantitative estimate of drug-likeness (QED) is 0.697. The predicted molar refractivity (Wildman–Crippen MR) is 93.9 cm³/mol. The molecule has 0 saturated carbocycles. The zero-order valence-electron chi connectivity index (χ0n) is 13.4. The first kappa shape index (κ1) is 15.7. The highest BCUT2D eigenvalue weighted by atomic mass is 16.5. The van der Waals surface area contributed by atoms with E-state index in [2.05, 4.69) is 25.6 Å². The van der Waals surface area contributed by atoms with E-state index in [1.807, 2.05) is 48.5 Å². The van der Waals surface area contributed by atoms with E-state index in [1.54, 1.807) is 19.5 Å². The number of benzene rings is 1. The molecule has 2 heterocycles. The lowest BCUT2D eigenvalue weighted by atomic mass is 10.2. The fraction of sp³-hybridized carbons (Fsp3) is 0.167. The van der Waals surface area contributed by atoms with Crippen molar-refractivity contribution in [3.8, 4) is 5.75 Å². The Balaban J connectivity index is 1.56. The first-order chi connectivity index (χ1) is 11.8. The molecule has 24 heavy (non-hydrogen) atoms. The van der Waals surface area contributed by atoms with Gasteiger partial charge in [0, 0.05) is 18.9 Å². The number of methoxy groups -OCH3 is 1. The van der Waals surface area contributed by atoms with Gasteiger partial charge in [0.05, 0.1) is 19.3 Å². The highest BCUT2D eigenvalue weighted by Gasteiger charge is 2.01. The molecule has 122 valence electrons. The Labute approximate surface area is 141 Å². The van der Waals surface area contributed by atoms with Crippen molar-refractivity contribution >= 4 is 11.8 Å². The Kier molecular flexibility index (Phi) is 5.19.